The standard InChI is InChI=1S/C23H21N5O5/c1-29-17-8-6-15(11-19(17)30-2)26-23-28-27-22(33-23)16-4-3-9-24-21(16)25-12-14-5-7-18-20(10-14)32-13-31-18/h3-11H,12-13H2,1-2H3,(H,24,25)(H,26,28). The Kier molecular flexibility index (Phi) is 5.54. The van der Waals surface area contributed by atoms with Gasteiger partial charge in [0.2, 0.25) is 6.79 Å². The Bertz CT molecular complexity index is 1280. The summed E-state index contributed by atoms with van der Waals surface area (Å²) in [5.74, 6) is 3.65. The summed E-state index contributed by atoms with van der Waals surface area (Å²) in [5.41, 5.74) is 2.43. The van der Waals surface area contributed by atoms with Crippen molar-refractivity contribution in [1.82, 2.24) is 15.2 Å². The van der Waals surface area contributed by atoms with Crippen LogP contribution in [-0.4, -0.2) is 36.2 Å². The summed E-state index contributed by atoms with van der Waals surface area (Å²) in [5, 5.41) is 14.7. The van der Waals surface area contributed by atoms with E-state index < -0.39 is 0 Å². The Morgan fingerprint density at radius 3 is 2.70 bits per heavy atom. The molecule has 10 nitrogen and oxygen atoms in total. The van der Waals surface area contributed by atoms with Crippen molar-refractivity contribution >= 4 is 17.5 Å². The molecule has 2 N–H and O–H groups in total. The third kappa shape index (κ3) is 4.31. The van der Waals surface area contributed by atoms with Gasteiger partial charge < -0.3 is 34.0 Å². The van der Waals surface area contributed by atoms with Crippen molar-refractivity contribution in [2.75, 3.05) is 31.6 Å². The van der Waals surface area contributed by atoms with Crippen molar-refractivity contribution in [2.45, 2.75) is 6.54 Å². The van der Waals surface area contributed by atoms with E-state index in [1.165, 1.54) is 0 Å². The average Bonchev–Trinajstić information content (AvgIpc) is 3.52. The molecular formula is C23H21N5O5. The Labute approximate surface area is 189 Å². The SMILES string of the molecule is COc1ccc(Nc2nnc(-c3cccnc3NCc3ccc4c(c3)OCO4)o2)cc1OC. The minimum absolute atomic E-state index is 0.239. The lowest BCUT2D eigenvalue weighted by atomic mass is 10.2. The van der Waals surface area contributed by atoms with Crippen LogP contribution in [0.4, 0.5) is 17.5 Å². The zero-order chi connectivity index (χ0) is 22.6. The van der Waals surface area contributed by atoms with Crippen LogP contribution in [0.5, 0.6) is 23.0 Å². The molecule has 0 aliphatic carbocycles. The van der Waals surface area contributed by atoms with E-state index in [2.05, 4.69) is 25.8 Å². The monoisotopic (exact) mass is 447 g/mol. The molecule has 1 aliphatic rings. The summed E-state index contributed by atoms with van der Waals surface area (Å²) < 4.78 is 27.2. The largest absolute Gasteiger partial charge is 0.493 e. The molecule has 1 aliphatic heterocycles. The van der Waals surface area contributed by atoms with E-state index in [1.807, 2.05) is 36.4 Å². The lowest BCUT2D eigenvalue weighted by Crippen LogP contribution is -2.03. The minimum atomic E-state index is 0.239. The number of pyridine rings is 1. The maximum absolute atomic E-state index is 5.83. The van der Waals surface area contributed by atoms with Gasteiger partial charge >= 0.3 is 6.01 Å². The second kappa shape index (κ2) is 8.95. The number of methoxy groups -OCH3 is 2. The van der Waals surface area contributed by atoms with Crippen molar-refractivity contribution in [3.05, 3.63) is 60.3 Å². The number of anilines is 3. The normalized spacial score (nSPS) is 11.8. The van der Waals surface area contributed by atoms with Gasteiger partial charge in [-0.15, -0.1) is 5.10 Å². The predicted molar refractivity (Wildman–Crippen MR) is 120 cm³/mol. The molecule has 168 valence electrons. The van der Waals surface area contributed by atoms with Crippen LogP contribution in [0, 0.1) is 0 Å². The van der Waals surface area contributed by atoms with Crippen LogP contribution in [-0.2, 0) is 6.54 Å². The van der Waals surface area contributed by atoms with E-state index in [4.69, 9.17) is 23.4 Å². The highest BCUT2D eigenvalue weighted by molar-refractivity contribution is 5.69. The van der Waals surface area contributed by atoms with Gasteiger partial charge in [-0.2, -0.15) is 0 Å². The molecule has 0 fully saturated rings. The molecule has 5 rings (SSSR count). The van der Waals surface area contributed by atoms with Crippen molar-refractivity contribution in [2.24, 2.45) is 0 Å². The van der Waals surface area contributed by atoms with Crippen LogP contribution < -0.4 is 29.6 Å². The summed E-state index contributed by atoms with van der Waals surface area (Å²) >= 11 is 0. The van der Waals surface area contributed by atoms with Gasteiger partial charge in [0.25, 0.3) is 5.89 Å². The number of nitrogens with zero attached hydrogens (tertiary/aromatic N) is 3. The van der Waals surface area contributed by atoms with Gasteiger partial charge in [-0.3, -0.25) is 0 Å². The van der Waals surface area contributed by atoms with Gasteiger partial charge in [0.15, 0.2) is 23.0 Å². The number of hydrogen-bond acceptors (Lipinski definition) is 10. The van der Waals surface area contributed by atoms with Gasteiger partial charge in [-0.25, -0.2) is 4.98 Å². The highest BCUT2D eigenvalue weighted by atomic mass is 16.7. The smallest absolute Gasteiger partial charge is 0.320 e. The van der Waals surface area contributed by atoms with Crippen molar-refractivity contribution in [1.29, 1.82) is 0 Å². The van der Waals surface area contributed by atoms with Crippen molar-refractivity contribution in [3.63, 3.8) is 0 Å². The highest BCUT2D eigenvalue weighted by Gasteiger charge is 2.16. The number of aromatic nitrogens is 3. The van der Waals surface area contributed by atoms with Crippen LogP contribution >= 0.6 is 0 Å². The molecule has 0 unspecified atom stereocenters. The summed E-state index contributed by atoms with van der Waals surface area (Å²) in [7, 11) is 3.16. The molecule has 2 aromatic heterocycles. The first-order valence-electron chi connectivity index (χ1n) is 10.1. The fourth-order valence-electron chi connectivity index (χ4n) is 3.38. The van der Waals surface area contributed by atoms with Crippen LogP contribution in [0.2, 0.25) is 0 Å². The highest BCUT2D eigenvalue weighted by Crippen LogP contribution is 2.34. The second-order valence-electron chi connectivity index (χ2n) is 7.05. The topological polar surface area (TPSA) is 113 Å². The average molecular weight is 447 g/mol. The molecule has 0 atom stereocenters. The molecule has 0 spiro atoms. The minimum Gasteiger partial charge on any atom is -0.493 e. The number of rotatable bonds is 8. The van der Waals surface area contributed by atoms with E-state index in [0.717, 1.165) is 22.7 Å². The van der Waals surface area contributed by atoms with Gasteiger partial charge in [-0.1, -0.05) is 11.2 Å². The molecule has 33 heavy (non-hydrogen) atoms. The van der Waals surface area contributed by atoms with Crippen LogP contribution in [0.3, 0.4) is 0 Å². The molecule has 4 aromatic rings. The molecule has 0 bridgehead atoms. The number of hydrogen-bond donors (Lipinski definition) is 2. The summed E-state index contributed by atoms with van der Waals surface area (Å²) in [6.45, 7) is 0.777. The third-order valence-electron chi connectivity index (χ3n) is 4.99. The molecule has 0 amide bonds. The van der Waals surface area contributed by atoms with Crippen LogP contribution in [0.1, 0.15) is 5.56 Å². The summed E-state index contributed by atoms with van der Waals surface area (Å²) in [4.78, 5) is 4.43. The van der Waals surface area contributed by atoms with E-state index >= 15 is 0 Å². The number of benzene rings is 2. The van der Waals surface area contributed by atoms with E-state index in [-0.39, 0.29) is 12.8 Å². The maximum atomic E-state index is 5.83. The Hall–Kier alpha value is -4.47. The lowest BCUT2D eigenvalue weighted by molar-refractivity contribution is 0.174. The quantitative estimate of drug-likeness (QED) is 0.407. The van der Waals surface area contributed by atoms with E-state index in [1.54, 1.807) is 32.5 Å². The first-order chi connectivity index (χ1) is 16.2. The Morgan fingerprint density at radius 2 is 1.82 bits per heavy atom. The number of fused-ring (bicyclic) bond motifs is 1. The first kappa shape index (κ1) is 20.4. The van der Waals surface area contributed by atoms with Gasteiger partial charge in [0.05, 0.1) is 19.8 Å². The third-order valence-corrected chi connectivity index (χ3v) is 4.99. The Morgan fingerprint density at radius 1 is 0.939 bits per heavy atom. The van der Waals surface area contributed by atoms with Crippen LogP contribution in [0.25, 0.3) is 11.5 Å². The molecule has 0 radical (unpaired) electrons. The van der Waals surface area contributed by atoms with Gasteiger partial charge in [0, 0.05) is 24.5 Å². The van der Waals surface area contributed by atoms with E-state index in [0.29, 0.717) is 35.3 Å². The molecule has 10 heteroatoms. The Balaban J connectivity index is 1.32. The predicted octanol–water partition coefficient (Wildman–Crippen LogP) is 4.23. The van der Waals surface area contributed by atoms with Crippen LogP contribution in [0.15, 0.2) is 59.1 Å². The first-order valence-corrected chi connectivity index (χ1v) is 10.1. The van der Waals surface area contributed by atoms with Gasteiger partial charge in [-0.05, 0) is 42.0 Å². The zero-order valence-electron chi connectivity index (χ0n) is 18.0. The molecular weight excluding hydrogens is 426 g/mol. The van der Waals surface area contributed by atoms with Gasteiger partial charge in [0.1, 0.15) is 5.82 Å². The summed E-state index contributed by atoms with van der Waals surface area (Å²) in [6, 6.07) is 15.1. The maximum Gasteiger partial charge on any atom is 0.320 e. The molecule has 0 saturated carbocycles. The molecule has 2 aromatic carbocycles. The molecule has 0 saturated heterocycles. The fraction of sp³-hybridized carbons (Fsp3) is 0.174. The molecule has 3 heterocycles. The van der Waals surface area contributed by atoms with E-state index in [9.17, 15) is 0 Å². The lowest BCUT2D eigenvalue weighted by Gasteiger charge is -2.10. The summed E-state index contributed by atoms with van der Waals surface area (Å²) in [6.07, 6.45) is 1.70. The number of nitrogens with one attached hydrogen (secondary N) is 2. The van der Waals surface area contributed by atoms with Crippen molar-refractivity contribution < 1.29 is 23.4 Å². The number of ether oxygens (including phenoxy) is 4. The fourth-order valence-corrected chi connectivity index (χ4v) is 3.38. The second-order valence-corrected chi connectivity index (χ2v) is 7.05. The van der Waals surface area contributed by atoms with Crippen molar-refractivity contribution in [3.8, 4) is 34.5 Å². The zero-order valence-corrected chi connectivity index (χ0v) is 18.0.